The fourth-order valence-corrected chi connectivity index (χ4v) is 1.86. The molecule has 6 nitrogen and oxygen atoms in total. The van der Waals surface area contributed by atoms with Crippen LogP contribution in [0.2, 0.25) is 0 Å². The average Bonchev–Trinajstić information content (AvgIpc) is 2.86. The fourth-order valence-electron chi connectivity index (χ4n) is 1.86. The molecule has 0 spiro atoms. The van der Waals surface area contributed by atoms with Crippen LogP contribution in [0.25, 0.3) is 5.69 Å². The van der Waals surface area contributed by atoms with Gasteiger partial charge in [0, 0.05) is 6.42 Å². The standard InChI is InChI=1S/C13H16N4O2/c1-2-9-5-3-4-6-12(9)17-8-10(15-16-17)7-11(14)13(18)19/h3-6,8,11H,2,7,14H2,1H3,(H,18,19). The number of nitrogens with zero attached hydrogens (tertiary/aromatic N) is 3. The normalized spacial score (nSPS) is 12.3. The molecule has 100 valence electrons. The van der Waals surface area contributed by atoms with Crippen molar-refractivity contribution in [2.75, 3.05) is 0 Å². The molecule has 0 fully saturated rings. The molecule has 0 aliphatic rings. The lowest BCUT2D eigenvalue weighted by molar-refractivity contribution is -0.138. The SMILES string of the molecule is CCc1ccccc1-n1cc(CC(N)C(=O)O)nn1. The van der Waals surface area contributed by atoms with Crippen LogP contribution in [-0.4, -0.2) is 32.1 Å². The molecule has 1 aromatic heterocycles. The summed E-state index contributed by atoms with van der Waals surface area (Å²) in [5.74, 6) is -1.04. The van der Waals surface area contributed by atoms with Gasteiger partial charge in [-0.2, -0.15) is 0 Å². The van der Waals surface area contributed by atoms with Crippen molar-refractivity contribution < 1.29 is 9.90 Å². The Kier molecular flexibility index (Phi) is 3.91. The first kappa shape index (κ1) is 13.2. The molecule has 2 rings (SSSR count). The number of hydrogen-bond donors (Lipinski definition) is 2. The molecular weight excluding hydrogens is 244 g/mol. The molecule has 6 heteroatoms. The molecule has 19 heavy (non-hydrogen) atoms. The van der Waals surface area contributed by atoms with Crippen LogP contribution in [0.1, 0.15) is 18.2 Å². The van der Waals surface area contributed by atoms with E-state index in [1.54, 1.807) is 10.9 Å². The maximum Gasteiger partial charge on any atom is 0.320 e. The number of para-hydroxylation sites is 1. The smallest absolute Gasteiger partial charge is 0.320 e. The number of carboxylic acids is 1. The second-order valence-electron chi connectivity index (χ2n) is 4.29. The van der Waals surface area contributed by atoms with E-state index in [2.05, 4.69) is 17.2 Å². The number of aliphatic carboxylic acids is 1. The van der Waals surface area contributed by atoms with Crippen LogP contribution >= 0.6 is 0 Å². The van der Waals surface area contributed by atoms with Gasteiger partial charge in [0.15, 0.2) is 0 Å². The molecule has 2 aromatic rings. The fraction of sp³-hybridized carbons (Fsp3) is 0.308. The number of carbonyl (C=O) groups is 1. The van der Waals surface area contributed by atoms with E-state index in [-0.39, 0.29) is 6.42 Å². The van der Waals surface area contributed by atoms with Crippen molar-refractivity contribution >= 4 is 5.97 Å². The Morgan fingerprint density at radius 1 is 1.47 bits per heavy atom. The summed E-state index contributed by atoms with van der Waals surface area (Å²) in [6.07, 6.45) is 2.78. The van der Waals surface area contributed by atoms with Crippen LogP contribution in [0, 0.1) is 0 Å². The summed E-state index contributed by atoms with van der Waals surface area (Å²) in [5, 5.41) is 16.8. The highest BCUT2D eigenvalue weighted by Gasteiger charge is 2.15. The first-order valence-electron chi connectivity index (χ1n) is 6.09. The lowest BCUT2D eigenvalue weighted by Crippen LogP contribution is -2.32. The Balaban J connectivity index is 2.23. The third kappa shape index (κ3) is 2.97. The average molecular weight is 260 g/mol. The van der Waals surface area contributed by atoms with E-state index < -0.39 is 12.0 Å². The van der Waals surface area contributed by atoms with Crippen molar-refractivity contribution in [1.29, 1.82) is 0 Å². The summed E-state index contributed by atoms with van der Waals surface area (Å²) in [5.41, 5.74) is 8.15. The number of rotatable bonds is 5. The highest BCUT2D eigenvalue weighted by Crippen LogP contribution is 2.14. The molecule has 0 saturated heterocycles. The third-order valence-corrected chi connectivity index (χ3v) is 2.91. The largest absolute Gasteiger partial charge is 0.480 e. The van der Waals surface area contributed by atoms with Crippen molar-refractivity contribution in [3.8, 4) is 5.69 Å². The van der Waals surface area contributed by atoms with E-state index in [0.29, 0.717) is 5.69 Å². The minimum atomic E-state index is -1.04. The van der Waals surface area contributed by atoms with E-state index in [1.165, 1.54) is 0 Å². The lowest BCUT2D eigenvalue weighted by Gasteiger charge is -2.06. The monoisotopic (exact) mass is 260 g/mol. The summed E-state index contributed by atoms with van der Waals surface area (Å²) in [6, 6.07) is 6.93. The number of benzene rings is 1. The van der Waals surface area contributed by atoms with Crippen molar-refractivity contribution in [3.05, 3.63) is 41.7 Å². The van der Waals surface area contributed by atoms with E-state index in [0.717, 1.165) is 17.7 Å². The van der Waals surface area contributed by atoms with Gasteiger partial charge in [-0.05, 0) is 18.1 Å². The van der Waals surface area contributed by atoms with Crippen LogP contribution < -0.4 is 5.73 Å². The summed E-state index contributed by atoms with van der Waals surface area (Å²) < 4.78 is 1.66. The Labute approximate surface area is 110 Å². The van der Waals surface area contributed by atoms with Crippen LogP contribution in [0.3, 0.4) is 0 Å². The number of aromatic nitrogens is 3. The molecular formula is C13H16N4O2. The second-order valence-corrected chi connectivity index (χ2v) is 4.29. The molecule has 1 aromatic carbocycles. The van der Waals surface area contributed by atoms with Gasteiger partial charge in [-0.15, -0.1) is 5.10 Å². The highest BCUT2D eigenvalue weighted by atomic mass is 16.4. The first-order valence-corrected chi connectivity index (χ1v) is 6.09. The molecule has 0 radical (unpaired) electrons. The molecule has 0 amide bonds. The predicted octanol–water partition coefficient (Wildman–Crippen LogP) is 0.784. The molecule has 1 unspecified atom stereocenters. The summed E-state index contributed by atoms with van der Waals surface area (Å²) in [4.78, 5) is 10.7. The molecule has 1 heterocycles. The molecule has 3 N–H and O–H groups in total. The van der Waals surface area contributed by atoms with Gasteiger partial charge < -0.3 is 10.8 Å². The maximum absolute atomic E-state index is 10.7. The minimum Gasteiger partial charge on any atom is -0.480 e. The topological polar surface area (TPSA) is 94.0 Å². The van der Waals surface area contributed by atoms with Gasteiger partial charge in [0.25, 0.3) is 0 Å². The highest BCUT2D eigenvalue weighted by molar-refractivity contribution is 5.73. The number of aryl methyl sites for hydroxylation is 1. The van der Waals surface area contributed by atoms with Gasteiger partial charge in [0.05, 0.1) is 17.6 Å². The van der Waals surface area contributed by atoms with Crippen LogP contribution in [0.4, 0.5) is 0 Å². The van der Waals surface area contributed by atoms with Gasteiger partial charge in [0.1, 0.15) is 6.04 Å². The van der Waals surface area contributed by atoms with Gasteiger partial charge in [-0.3, -0.25) is 4.79 Å². The Hall–Kier alpha value is -2.21. The Morgan fingerprint density at radius 2 is 2.21 bits per heavy atom. The zero-order valence-electron chi connectivity index (χ0n) is 10.7. The number of nitrogens with two attached hydrogens (primary N) is 1. The van der Waals surface area contributed by atoms with Gasteiger partial charge in [-0.25, -0.2) is 4.68 Å². The van der Waals surface area contributed by atoms with Crippen LogP contribution in [0.5, 0.6) is 0 Å². The van der Waals surface area contributed by atoms with Gasteiger partial charge >= 0.3 is 5.97 Å². The van der Waals surface area contributed by atoms with Crippen molar-refractivity contribution in [2.45, 2.75) is 25.8 Å². The molecule has 0 bridgehead atoms. The summed E-state index contributed by atoms with van der Waals surface area (Å²) >= 11 is 0. The third-order valence-electron chi connectivity index (χ3n) is 2.91. The minimum absolute atomic E-state index is 0.170. The van der Waals surface area contributed by atoms with E-state index in [9.17, 15) is 4.79 Å². The maximum atomic E-state index is 10.7. The van der Waals surface area contributed by atoms with Crippen LogP contribution in [0.15, 0.2) is 30.5 Å². The molecule has 0 aliphatic heterocycles. The summed E-state index contributed by atoms with van der Waals surface area (Å²) in [7, 11) is 0. The Morgan fingerprint density at radius 3 is 2.89 bits per heavy atom. The summed E-state index contributed by atoms with van der Waals surface area (Å²) in [6.45, 7) is 2.07. The van der Waals surface area contributed by atoms with E-state index in [4.69, 9.17) is 10.8 Å². The molecule has 0 aliphatic carbocycles. The molecule has 1 atom stereocenters. The number of hydrogen-bond acceptors (Lipinski definition) is 4. The zero-order valence-corrected chi connectivity index (χ0v) is 10.7. The lowest BCUT2D eigenvalue weighted by atomic mass is 10.1. The van der Waals surface area contributed by atoms with Crippen molar-refractivity contribution in [2.24, 2.45) is 5.73 Å². The predicted molar refractivity (Wildman–Crippen MR) is 70.1 cm³/mol. The van der Waals surface area contributed by atoms with E-state index in [1.807, 2.05) is 24.3 Å². The van der Waals surface area contributed by atoms with Gasteiger partial charge in [-0.1, -0.05) is 30.3 Å². The Bertz CT molecular complexity index is 580. The van der Waals surface area contributed by atoms with Crippen molar-refractivity contribution in [3.63, 3.8) is 0 Å². The zero-order chi connectivity index (χ0) is 13.8. The van der Waals surface area contributed by atoms with Crippen molar-refractivity contribution in [1.82, 2.24) is 15.0 Å². The second kappa shape index (κ2) is 5.62. The quantitative estimate of drug-likeness (QED) is 0.828. The van der Waals surface area contributed by atoms with Crippen LogP contribution in [-0.2, 0) is 17.6 Å². The van der Waals surface area contributed by atoms with E-state index >= 15 is 0 Å². The number of carboxylic acid groups (broad SMARTS) is 1. The van der Waals surface area contributed by atoms with Gasteiger partial charge in [0.2, 0.25) is 0 Å². The molecule has 0 saturated carbocycles. The first-order chi connectivity index (χ1) is 9.11.